The van der Waals surface area contributed by atoms with Crippen LogP contribution in [0, 0.1) is 26.6 Å². The van der Waals surface area contributed by atoms with Crippen LogP contribution in [0.25, 0.3) is 10.9 Å². The third-order valence-electron chi connectivity index (χ3n) is 3.41. The molecule has 1 heterocycles. The predicted octanol–water partition coefficient (Wildman–Crippen LogP) is 4.82. The molecule has 2 rings (SSSR count). The van der Waals surface area contributed by atoms with Crippen LogP contribution in [0.3, 0.4) is 0 Å². The first-order chi connectivity index (χ1) is 11.9. The number of benzene rings is 1. The van der Waals surface area contributed by atoms with E-state index in [1.165, 1.54) is 13.2 Å². The number of rotatable bonds is 2. The molecule has 0 amide bonds. The fraction of sp³-hybridized carbons (Fsp3) is 0.524. The summed E-state index contributed by atoms with van der Waals surface area (Å²) in [6.45, 7) is 14.7. The Morgan fingerprint density at radius 1 is 1.19 bits per heavy atom. The van der Waals surface area contributed by atoms with Gasteiger partial charge in [0.05, 0.1) is 24.6 Å². The summed E-state index contributed by atoms with van der Waals surface area (Å²) in [5, 5.41) is 9.26. The average Bonchev–Trinajstić information content (AvgIpc) is 2.54. The summed E-state index contributed by atoms with van der Waals surface area (Å²) in [6.07, 6.45) is 0.159. The number of carbonyl (C=O) groups excluding carboxylic acids is 1. The first-order valence-electron chi connectivity index (χ1n) is 8.79. The Balaban J connectivity index is 0.000000772. The van der Waals surface area contributed by atoms with Gasteiger partial charge in [0.2, 0.25) is 0 Å². The molecule has 0 saturated heterocycles. The molecule has 0 saturated carbocycles. The summed E-state index contributed by atoms with van der Waals surface area (Å²) in [6, 6.07) is 3.21. The molecule has 0 atom stereocenters. The van der Waals surface area contributed by atoms with Crippen LogP contribution in [0.2, 0.25) is 0 Å². The maximum Gasteiger partial charge on any atom is 0.310 e. The second-order valence-corrected chi connectivity index (χ2v) is 6.84. The van der Waals surface area contributed by atoms with Crippen molar-refractivity contribution in [3.63, 3.8) is 0 Å². The molecule has 0 aliphatic carbocycles. The van der Waals surface area contributed by atoms with Gasteiger partial charge < -0.3 is 9.84 Å². The molecular formula is C21H32FNO3. The van der Waals surface area contributed by atoms with Gasteiger partial charge in [-0.2, -0.15) is 0 Å². The number of esters is 1. The molecule has 0 radical (unpaired) electrons. The van der Waals surface area contributed by atoms with E-state index in [0.29, 0.717) is 5.56 Å². The molecule has 0 aliphatic rings. The van der Waals surface area contributed by atoms with E-state index >= 15 is 0 Å². The number of halogens is 1. The van der Waals surface area contributed by atoms with Crippen LogP contribution in [0.5, 0.6) is 0 Å². The Morgan fingerprint density at radius 2 is 1.69 bits per heavy atom. The largest absolute Gasteiger partial charge is 0.469 e. The third-order valence-corrected chi connectivity index (χ3v) is 3.41. The zero-order valence-corrected chi connectivity index (χ0v) is 17.5. The number of carbonyl (C=O) groups is 1. The van der Waals surface area contributed by atoms with Crippen molar-refractivity contribution < 1.29 is 19.0 Å². The molecule has 1 aromatic carbocycles. The SMILES string of the molecule is CC.CC(C)(C)O.COC(=O)Cc1c(C)nc2cc(C)c(F)cc2c1C. The number of aromatic nitrogens is 1. The summed E-state index contributed by atoms with van der Waals surface area (Å²) in [4.78, 5) is 15.9. The molecule has 5 heteroatoms. The van der Waals surface area contributed by atoms with Gasteiger partial charge in [-0.05, 0) is 70.4 Å². The van der Waals surface area contributed by atoms with Gasteiger partial charge in [-0.3, -0.25) is 9.78 Å². The number of ether oxygens (including phenoxy) is 1. The Bertz CT molecular complexity index is 743. The van der Waals surface area contributed by atoms with E-state index in [4.69, 9.17) is 5.11 Å². The quantitative estimate of drug-likeness (QED) is 0.775. The minimum absolute atomic E-state index is 0.159. The van der Waals surface area contributed by atoms with Crippen molar-refractivity contribution >= 4 is 16.9 Å². The van der Waals surface area contributed by atoms with Crippen LogP contribution in [0.15, 0.2) is 12.1 Å². The van der Waals surface area contributed by atoms with Gasteiger partial charge in [0.1, 0.15) is 5.82 Å². The van der Waals surface area contributed by atoms with Crippen molar-refractivity contribution in [2.24, 2.45) is 0 Å². The van der Waals surface area contributed by atoms with Crippen LogP contribution in [-0.2, 0) is 16.0 Å². The second kappa shape index (κ2) is 10.2. The van der Waals surface area contributed by atoms with Gasteiger partial charge in [0.15, 0.2) is 0 Å². The first-order valence-corrected chi connectivity index (χ1v) is 8.79. The van der Waals surface area contributed by atoms with E-state index in [-0.39, 0.29) is 18.2 Å². The molecule has 2 aromatic rings. The Morgan fingerprint density at radius 3 is 2.15 bits per heavy atom. The first kappa shape index (κ1) is 24.0. The zero-order chi connectivity index (χ0) is 20.7. The van der Waals surface area contributed by atoms with Crippen LogP contribution >= 0.6 is 0 Å². The molecule has 1 aromatic heterocycles. The summed E-state index contributed by atoms with van der Waals surface area (Å²) in [5.74, 6) is -0.579. The summed E-state index contributed by atoms with van der Waals surface area (Å²) in [7, 11) is 1.35. The lowest BCUT2D eigenvalue weighted by Crippen LogP contribution is -2.10. The number of hydrogen-bond acceptors (Lipinski definition) is 4. The number of aryl methyl sites for hydroxylation is 3. The molecule has 4 nitrogen and oxygen atoms in total. The van der Waals surface area contributed by atoms with Crippen LogP contribution < -0.4 is 0 Å². The topological polar surface area (TPSA) is 59.4 Å². The van der Waals surface area contributed by atoms with Gasteiger partial charge >= 0.3 is 5.97 Å². The van der Waals surface area contributed by atoms with Crippen LogP contribution in [0.1, 0.15) is 57.0 Å². The summed E-state index contributed by atoms with van der Waals surface area (Å²) >= 11 is 0. The summed E-state index contributed by atoms with van der Waals surface area (Å²) in [5.41, 5.74) is 3.29. The van der Waals surface area contributed by atoms with E-state index in [9.17, 15) is 9.18 Å². The number of fused-ring (bicyclic) bond motifs is 1. The van der Waals surface area contributed by atoms with E-state index < -0.39 is 5.60 Å². The number of methoxy groups -OCH3 is 1. The maximum atomic E-state index is 13.7. The standard InChI is InChI=1S/C15H16FNO2.C4H10O.C2H6/c1-8-5-14-12(6-13(8)16)9(2)11(10(3)17-14)7-15(18)19-4;1-4(2,3)5;1-2/h5-6H,7H2,1-4H3;5H,1-3H3;1-2H3. The molecule has 1 N–H and O–H groups in total. The highest BCUT2D eigenvalue weighted by Crippen LogP contribution is 2.25. The van der Waals surface area contributed by atoms with Crippen LogP contribution in [-0.4, -0.2) is 28.8 Å². The molecule has 0 bridgehead atoms. The number of nitrogens with zero attached hydrogens (tertiary/aromatic N) is 1. The van der Waals surface area contributed by atoms with Gasteiger partial charge in [-0.15, -0.1) is 0 Å². The Kier molecular flexibility index (Phi) is 9.43. The van der Waals surface area contributed by atoms with Crippen molar-refractivity contribution in [1.82, 2.24) is 4.98 Å². The zero-order valence-electron chi connectivity index (χ0n) is 17.5. The highest BCUT2D eigenvalue weighted by atomic mass is 19.1. The lowest BCUT2D eigenvalue weighted by molar-refractivity contribution is -0.139. The van der Waals surface area contributed by atoms with E-state index in [1.807, 2.05) is 27.7 Å². The van der Waals surface area contributed by atoms with Crippen molar-refractivity contribution in [1.29, 1.82) is 0 Å². The lowest BCUT2D eigenvalue weighted by Gasteiger charge is -2.12. The molecular weight excluding hydrogens is 333 g/mol. The third kappa shape index (κ3) is 7.48. The Hall–Kier alpha value is -2.01. The molecule has 0 fully saturated rings. The van der Waals surface area contributed by atoms with Gasteiger partial charge in [0.25, 0.3) is 0 Å². The highest BCUT2D eigenvalue weighted by Gasteiger charge is 2.14. The smallest absolute Gasteiger partial charge is 0.310 e. The number of aliphatic hydroxyl groups is 1. The van der Waals surface area contributed by atoms with Gasteiger partial charge in [0, 0.05) is 11.1 Å². The Labute approximate surface area is 156 Å². The fourth-order valence-corrected chi connectivity index (χ4v) is 2.22. The van der Waals surface area contributed by atoms with Crippen molar-refractivity contribution in [3.8, 4) is 0 Å². The fourth-order valence-electron chi connectivity index (χ4n) is 2.22. The minimum Gasteiger partial charge on any atom is -0.469 e. The molecule has 0 unspecified atom stereocenters. The minimum atomic E-state index is -0.500. The lowest BCUT2D eigenvalue weighted by atomic mass is 9.98. The van der Waals surface area contributed by atoms with E-state index in [2.05, 4.69) is 9.72 Å². The van der Waals surface area contributed by atoms with Gasteiger partial charge in [-0.1, -0.05) is 13.8 Å². The molecule has 0 aliphatic heterocycles. The van der Waals surface area contributed by atoms with E-state index in [1.54, 1.807) is 33.8 Å². The predicted molar refractivity (Wildman–Crippen MR) is 105 cm³/mol. The molecule has 146 valence electrons. The van der Waals surface area contributed by atoms with Crippen molar-refractivity contribution in [2.75, 3.05) is 7.11 Å². The molecule has 0 spiro atoms. The average molecular weight is 365 g/mol. The monoisotopic (exact) mass is 365 g/mol. The van der Waals surface area contributed by atoms with Crippen molar-refractivity contribution in [2.45, 2.75) is 67.4 Å². The highest BCUT2D eigenvalue weighted by molar-refractivity contribution is 5.86. The normalized spacial score (nSPS) is 10.4. The van der Waals surface area contributed by atoms with Gasteiger partial charge in [-0.25, -0.2) is 4.39 Å². The summed E-state index contributed by atoms with van der Waals surface area (Å²) < 4.78 is 18.3. The maximum absolute atomic E-state index is 13.7. The number of pyridine rings is 1. The second-order valence-electron chi connectivity index (χ2n) is 6.84. The van der Waals surface area contributed by atoms with E-state index in [0.717, 1.165) is 27.7 Å². The molecule has 26 heavy (non-hydrogen) atoms. The van der Waals surface area contributed by atoms with Crippen molar-refractivity contribution in [3.05, 3.63) is 40.3 Å². The number of hydrogen-bond donors (Lipinski definition) is 1. The van der Waals surface area contributed by atoms with Crippen LogP contribution in [0.4, 0.5) is 4.39 Å².